The molecule has 1 aromatic heterocycles. The molecular formula is C14H13ClN2O. The molecule has 4 rings (SSSR count). The summed E-state index contributed by atoms with van der Waals surface area (Å²) in [5, 5.41) is 0.773. The summed E-state index contributed by atoms with van der Waals surface area (Å²) >= 11 is 6.15. The van der Waals surface area contributed by atoms with Gasteiger partial charge in [-0.1, -0.05) is 17.7 Å². The molecule has 0 fully saturated rings. The number of hydrogen-bond acceptors (Lipinski definition) is 2. The van der Waals surface area contributed by atoms with Crippen LogP contribution in [0.3, 0.4) is 0 Å². The minimum atomic E-state index is -0.324. The van der Waals surface area contributed by atoms with E-state index >= 15 is 0 Å². The maximum Gasteiger partial charge on any atom is 0.135 e. The maximum absolute atomic E-state index is 6.17. The first-order valence-corrected chi connectivity index (χ1v) is 6.61. The van der Waals surface area contributed by atoms with Gasteiger partial charge in [-0.25, -0.2) is 4.98 Å². The number of nitrogens with zero attached hydrogens (tertiary/aromatic N) is 2. The van der Waals surface area contributed by atoms with E-state index in [-0.39, 0.29) is 5.60 Å². The number of aromatic nitrogens is 2. The molecule has 1 atom stereocenters. The third-order valence-corrected chi connectivity index (χ3v) is 4.27. The van der Waals surface area contributed by atoms with Gasteiger partial charge in [-0.05, 0) is 36.1 Å². The van der Waals surface area contributed by atoms with Crippen molar-refractivity contribution in [1.82, 2.24) is 9.55 Å². The second kappa shape index (κ2) is 3.59. The molecule has 1 spiro atoms. The highest BCUT2D eigenvalue weighted by Crippen LogP contribution is 2.47. The summed E-state index contributed by atoms with van der Waals surface area (Å²) < 4.78 is 8.37. The van der Waals surface area contributed by atoms with Gasteiger partial charge in [0.25, 0.3) is 0 Å². The summed E-state index contributed by atoms with van der Waals surface area (Å²) in [6, 6.07) is 6.05. The molecule has 2 aromatic rings. The first-order valence-electron chi connectivity index (χ1n) is 6.23. The Morgan fingerprint density at radius 3 is 3.28 bits per heavy atom. The molecule has 0 N–H and O–H groups in total. The number of aryl methyl sites for hydroxylation is 1. The zero-order valence-corrected chi connectivity index (χ0v) is 10.7. The molecule has 0 bridgehead atoms. The Morgan fingerprint density at radius 1 is 1.39 bits per heavy atom. The second-order valence-electron chi connectivity index (χ2n) is 4.99. The zero-order valence-electron chi connectivity index (χ0n) is 9.90. The number of hydrogen-bond donors (Lipinski definition) is 0. The predicted octanol–water partition coefficient (Wildman–Crippen LogP) is 3.10. The van der Waals surface area contributed by atoms with E-state index in [4.69, 9.17) is 16.3 Å². The van der Waals surface area contributed by atoms with Crippen LogP contribution in [0.2, 0.25) is 5.02 Å². The summed E-state index contributed by atoms with van der Waals surface area (Å²) in [5.41, 5.74) is 3.30. The predicted molar refractivity (Wildman–Crippen MR) is 68.5 cm³/mol. The monoisotopic (exact) mass is 260 g/mol. The molecule has 1 unspecified atom stereocenters. The van der Waals surface area contributed by atoms with Gasteiger partial charge in [-0.2, -0.15) is 0 Å². The van der Waals surface area contributed by atoms with Crippen LogP contribution >= 0.6 is 11.6 Å². The van der Waals surface area contributed by atoms with Gasteiger partial charge < -0.3 is 9.30 Å². The highest BCUT2D eigenvalue weighted by molar-refractivity contribution is 6.30. The summed E-state index contributed by atoms with van der Waals surface area (Å²) in [7, 11) is 0. The van der Waals surface area contributed by atoms with E-state index in [1.807, 2.05) is 24.7 Å². The van der Waals surface area contributed by atoms with E-state index in [9.17, 15) is 0 Å². The van der Waals surface area contributed by atoms with Crippen LogP contribution in [-0.4, -0.2) is 9.55 Å². The maximum atomic E-state index is 6.17. The molecule has 1 aromatic carbocycles. The van der Waals surface area contributed by atoms with Crippen LogP contribution in [0.25, 0.3) is 0 Å². The topological polar surface area (TPSA) is 27.1 Å². The summed E-state index contributed by atoms with van der Waals surface area (Å²) in [6.45, 7) is 1.69. The Kier molecular flexibility index (Phi) is 2.11. The average Bonchev–Trinajstić information content (AvgIpc) is 2.97. The fourth-order valence-electron chi connectivity index (χ4n) is 3.21. The van der Waals surface area contributed by atoms with Crippen molar-refractivity contribution in [3.63, 3.8) is 0 Å². The standard InChI is InChI=1S/C14H13ClN2O/c15-11-3-2-10-8-18-14(12(10)6-11)4-1-5-17-9-16-7-13(14)17/h2-3,6-7,9H,1,4-5,8H2. The van der Waals surface area contributed by atoms with E-state index in [1.54, 1.807) is 0 Å². The van der Waals surface area contributed by atoms with E-state index in [0.29, 0.717) is 6.61 Å². The molecule has 0 aliphatic carbocycles. The van der Waals surface area contributed by atoms with Crippen LogP contribution in [0.4, 0.5) is 0 Å². The summed E-state index contributed by atoms with van der Waals surface area (Å²) in [5.74, 6) is 0. The SMILES string of the molecule is Clc1ccc2c(c1)C1(CCCn3cncc31)OC2. The fraction of sp³-hybridized carbons (Fsp3) is 0.357. The van der Waals surface area contributed by atoms with Crippen LogP contribution in [0, 0.1) is 0 Å². The lowest BCUT2D eigenvalue weighted by Crippen LogP contribution is -2.33. The first kappa shape index (κ1) is 10.6. The summed E-state index contributed by atoms with van der Waals surface area (Å²) in [6.07, 6.45) is 5.93. The lowest BCUT2D eigenvalue weighted by atomic mass is 9.83. The Labute approximate surface area is 110 Å². The van der Waals surface area contributed by atoms with E-state index in [0.717, 1.165) is 30.1 Å². The molecular weight excluding hydrogens is 248 g/mol. The van der Waals surface area contributed by atoms with Crippen LogP contribution in [0.1, 0.15) is 29.7 Å². The molecule has 2 aliphatic rings. The molecule has 0 saturated carbocycles. The number of benzene rings is 1. The van der Waals surface area contributed by atoms with Crippen molar-refractivity contribution < 1.29 is 4.74 Å². The average molecular weight is 261 g/mol. The Balaban J connectivity index is 1.97. The third-order valence-electron chi connectivity index (χ3n) is 4.03. The molecule has 3 heterocycles. The van der Waals surface area contributed by atoms with Gasteiger partial charge >= 0.3 is 0 Å². The van der Waals surface area contributed by atoms with Crippen molar-refractivity contribution in [3.8, 4) is 0 Å². The molecule has 0 saturated heterocycles. The van der Waals surface area contributed by atoms with Gasteiger partial charge in [0.05, 0.1) is 24.8 Å². The van der Waals surface area contributed by atoms with Crippen molar-refractivity contribution in [2.45, 2.75) is 31.6 Å². The van der Waals surface area contributed by atoms with Gasteiger partial charge in [0, 0.05) is 11.6 Å². The zero-order chi connectivity index (χ0) is 12.2. The number of fused-ring (bicyclic) bond motifs is 4. The Bertz CT molecular complexity index is 622. The molecule has 18 heavy (non-hydrogen) atoms. The minimum Gasteiger partial charge on any atom is -0.359 e. The highest BCUT2D eigenvalue weighted by Gasteiger charge is 2.45. The largest absolute Gasteiger partial charge is 0.359 e. The third kappa shape index (κ3) is 1.26. The van der Waals surface area contributed by atoms with Crippen molar-refractivity contribution in [1.29, 1.82) is 0 Å². The van der Waals surface area contributed by atoms with Crippen molar-refractivity contribution in [2.75, 3.05) is 0 Å². The normalized spacial score (nSPS) is 25.2. The second-order valence-corrected chi connectivity index (χ2v) is 5.43. The van der Waals surface area contributed by atoms with Gasteiger partial charge in [0.1, 0.15) is 5.60 Å². The molecule has 0 amide bonds. The van der Waals surface area contributed by atoms with Crippen molar-refractivity contribution in [3.05, 3.63) is 52.6 Å². The molecule has 4 heteroatoms. The van der Waals surface area contributed by atoms with Crippen LogP contribution in [0.15, 0.2) is 30.7 Å². The number of ether oxygens (including phenoxy) is 1. The number of imidazole rings is 1. The Morgan fingerprint density at radius 2 is 2.33 bits per heavy atom. The fourth-order valence-corrected chi connectivity index (χ4v) is 3.38. The van der Waals surface area contributed by atoms with Gasteiger partial charge in [-0.15, -0.1) is 0 Å². The lowest BCUT2D eigenvalue weighted by molar-refractivity contribution is -0.0271. The van der Waals surface area contributed by atoms with Gasteiger partial charge in [0.15, 0.2) is 0 Å². The number of halogens is 1. The van der Waals surface area contributed by atoms with Crippen LogP contribution in [0.5, 0.6) is 0 Å². The van der Waals surface area contributed by atoms with E-state index in [2.05, 4.69) is 15.6 Å². The van der Waals surface area contributed by atoms with Gasteiger partial charge in [0.2, 0.25) is 0 Å². The Hall–Kier alpha value is -1.32. The molecule has 3 nitrogen and oxygen atoms in total. The first-order chi connectivity index (χ1) is 8.79. The smallest absolute Gasteiger partial charge is 0.135 e. The van der Waals surface area contributed by atoms with Crippen molar-refractivity contribution >= 4 is 11.6 Å². The quantitative estimate of drug-likeness (QED) is 0.728. The molecule has 92 valence electrons. The molecule has 2 aliphatic heterocycles. The minimum absolute atomic E-state index is 0.324. The lowest BCUT2D eigenvalue weighted by Gasteiger charge is -2.34. The van der Waals surface area contributed by atoms with E-state index in [1.165, 1.54) is 11.1 Å². The van der Waals surface area contributed by atoms with Crippen LogP contribution in [-0.2, 0) is 23.5 Å². The van der Waals surface area contributed by atoms with E-state index < -0.39 is 0 Å². The highest BCUT2D eigenvalue weighted by atomic mass is 35.5. The summed E-state index contributed by atoms with van der Waals surface area (Å²) in [4.78, 5) is 4.27. The van der Waals surface area contributed by atoms with Gasteiger partial charge in [-0.3, -0.25) is 0 Å². The van der Waals surface area contributed by atoms with Crippen LogP contribution < -0.4 is 0 Å². The molecule has 0 radical (unpaired) electrons. The van der Waals surface area contributed by atoms with Crippen molar-refractivity contribution in [2.24, 2.45) is 0 Å². The number of rotatable bonds is 0.